The summed E-state index contributed by atoms with van der Waals surface area (Å²) in [6, 6.07) is 12.9. The van der Waals surface area contributed by atoms with Crippen LogP contribution in [0.1, 0.15) is 69.8 Å². The van der Waals surface area contributed by atoms with E-state index in [9.17, 15) is 14.7 Å². The topological polar surface area (TPSA) is 71.3 Å². The van der Waals surface area contributed by atoms with Crippen LogP contribution >= 0.6 is 0 Å². The molecule has 2 aliphatic rings. The Hall–Kier alpha value is -3.12. The van der Waals surface area contributed by atoms with Crippen molar-refractivity contribution in [3.63, 3.8) is 0 Å². The zero-order chi connectivity index (χ0) is 26.2. The molecule has 1 saturated heterocycles. The molecule has 192 valence electrons. The van der Waals surface area contributed by atoms with Crippen molar-refractivity contribution in [1.29, 1.82) is 0 Å². The Morgan fingerprint density at radius 1 is 1.08 bits per heavy atom. The number of carbonyl (C=O) groups is 2. The largest absolute Gasteiger partial charge is 0.507 e. The molecule has 2 aromatic carbocycles. The molecule has 0 radical (unpaired) electrons. The van der Waals surface area contributed by atoms with Crippen LogP contribution in [0.15, 0.2) is 48.0 Å². The number of hydrogen-bond acceptors (Lipinski definition) is 4. The number of amides is 1. The van der Waals surface area contributed by atoms with Crippen LogP contribution in [0.5, 0.6) is 5.75 Å². The van der Waals surface area contributed by atoms with E-state index in [4.69, 9.17) is 4.74 Å². The first kappa shape index (κ1) is 26.0. The Morgan fingerprint density at radius 3 is 2.36 bits per heavy atom. The van der Waals surface area contributed by atoms with Crippen LogP contribution in [0.2, 0.25) is 0 Å². The van der Waals surface area contributed by atoms with Gasteiger partial charge in [-0.15, -0.1) is 0 Å². The van der Waals surface area contributed by atoms with Crippen molar-refractivity contribution in [2.45, 2.75) is 65.5 Å². The van der Waals surface area contributed by atoms with Gasteiger partial charge in [0, 0.05) is 12.0 Å². The number of nitrogens with zero attached hydrogens (tertiary/aromatic N) is 1. The summed E-state index contributed by atoms with van der Waals surface area (Å²) in [5.74, 6) is -0.502. The second-order valence-electron chi connectivity index (χ2n) is 11.0. The number of aliphatic hydroxyl groups excluding tert-OH is 1. The third-order valence-corrected chi connectivity index (χ3v) is 7.51. The summed E-state index contributed by atoms with van der Waals surface area (Å²) in [5, 5.41) is 11.4. The molecule has 0 aromatic heterocycles. The molecule has 6 heteroatoms. The number of rotatable bonds is 7. The Labute approximate surface area is 214 Å². The Morgan fingerprint density at radius 2 is 1.75 bits per heavy atom. The molecule has 0 saturated carbocycles. The number of likely N-dealkylation sites (tertiary alicyclic amines) is 1. The summed E-state index contributed by atoms with van der Waals surface area (Å²) in [7, 11) is 0. The summed E-state index contributed by atoms with van der Waals surface area (Å²) in [4.78, 5) is 29.6. The summed E-state index contributed by atoms with van der Waals surface area (Å²) in [6.45, 7) is 15.8. The van der Waals surface area contributed by atoms with Crippen molar-refractivity contribution >= 4 is 17.4 Å². The number of aliphatic hydroxyl groups is 1. The smallest absolute Gasteiger partial charge is 0.295 e. The molecule has 6 nitrogen and oxygen atoms in total. The molecule has 2 heterocycles. The summed E-state index contributed by atoms with van der Waals surface area (Å²) in [5.41, 5.74) is 3.67. The van der Waals surface area contributed by atoms with Crippen LogP contribution in [0.3, 0.4) is 0 Å². The van der Waals surface area contributed by atoms with Crippen LogP contribution in [0.25, 0.3) is 5.76 Å². The fraction of sp³-hybridized carbons (Fsp3) is 0.467. The Balaban J connectivity index is 1.79. The van der Waals surface area contributed by atoms with Crippen LogP contribution in [0.4, 0.5) is 0 Å². The molecule has 2 aliphatic heterocycles. The average Bonchev–Trinajstić information content (AvgIpc) is 3.34. The number of quaternary nitrogens is 1. The highest BCUT2D eigenvalue weighted by atomic mass is 16.5. The first-order valence-corrected chi connectivity index (χ1v) is 13.1. The van der Waals surface area contributed by atoms with Crippen molar-refractivity contribution in [2.24, 2.45) is 0 Å². The van der Waals surface area contributed by atoms with Crippen LogP contribution in [-0.2, 0) is 21.4 Å². The van der Waals surface area contributed by atoms with Gasteiger partial charge in [0.25, 0.3) is 11.7 Å². The van der Waals surface area contributed by atoms with E-state index < -0.39 is 17.7 Å². The standard InChI is InChI=1S/C30H38N2O4/c1-7-31(8-2)15-16-32-26(20-9-12-23(13-10-20)30(4,5)6)25(28(34)29(32)35)27(33)21-11-14-24-22(18-21)17-19(3)36-24/h9-14,18-19,26,33H,7-8,15-17H2,1-6H3/p+1/t19-,26+/m1/s1. The number of benzene rings is 2. The Kier molecular flexibility index (Phi) is 7.28. The third-order valence-electron chi connectivity index (χ3n) is 7.51. The fourth-order valence-corrected chi connectivity index (χ4v) is 5.23. The highest BCUT2D eigenvalue weighted by Gasteiger charge is 2.46. The number of Topliss-reactive ketones (excluding diaryl/α,β-unsaturated/α-hetero) is 1. The number of carbonyl (C=O) groups excluding carboxylic acids is 2. The van der Waals surface area contributed by atoms with Crippen LogP contribution in [-0.4, -0.2) is 54.0 Å². The lowest BCUT2D eigenvalue weighted by Crippen LogP contribution is -3.12. The molecule has 2 N–H and O–H groups in total. The van der Waals surface area contributed by atoms with E-state index in [2.05, 4.69) is 46.8 Å². The molecule has 1 amide bonds. The minimum Gasteiger partial charge on any atom is -0.507 e. The monoisotopic (exact) mass is 491 g/mol. The van der Waals surface area contributed by atoms with E-state index in [1.807, 2.05) is 31.2 Å². The van der Waals surface area contributed by atoms with Gasteiger partial charge in [0.05, 0.1) is 37.8 Å². The molecule has 2 atom stereocenters. The van der Waals surface area contributed by atoms with Gasteiger partial charge in [-0.2, -0.15) is 0 Å². The van der Waals surface area contributed by atoms with Crippen molar-refractivity contribution in [3.05, 3.63) is 70.3 Å². The van der Waals surface area contributed by atoms with E-state index in [0.29, 0.717) is 12.1 Å². The SMILES string of the molecule is CC[NH+](CC)CCN1C(=O)C(=O)C(=C(O)c2ccc3c(c2)C[C@@H](C)O3)[C@@H]1c1ccc(C(C)(C)C)cc1. The van der Waals surface area contributed by atoms with Gasteiger partial charge in [-0.1, -0.05) is 45.0 Å². The summed E-state index contributed by atoms with van der Waals surface area (Å²) in [6.07, 6.45) is 0.821. The lowest BCUT2D eigenvalue weighted by Gasteiger charge is -2.27. The number of fused-ring (bicyclic) bond motifs is 1. The zero-order valence-corrected chi connectivity index (χ0v) is 22.4. The summed E-state index contributed by atoms with van der Waals surface area (Å²) < 4.78 is 5.80. The highest BCUT2D eigenvalue weighted by molar-refractivity contribution is 6.46. The number of likely N-dealkylation sites (N-methyl/N-ethyl adjacent to an activating group) is 1. The molecule has 36 heavy (non-hydrogen) atoms. The molecule has 0 spiro atoms. The number of nitrogens with one attached hydrogen (secondary N) is 1. The van der Waals surface area contributed by atoms with E-state index in [1.54, 1.807) is 11.0 Å². The van der Waals surface area contributed by atoms with Gasteiger partial charge >= 0.3 is 0 Å². The minimum atomic E-state index is -0.628. The molecule has 4 rings (SSSR count). The van der Waals surface area contributed by atoms with Gasteiger partial charge in [-0.3, -0.25) is 9.59 Å². The average molecular weight is 492 g/mol. The van der Waals surface area contributed by atoms with Crippen LogP contribution < -0.4 is 9.64 Å². The maximum atomic E-state index is 13.4. The number of ketones is 1. The highest BCUT2D eigenvalue weighted by Crippen LogP contribution is 2.40. The van der Waals surface area contributed by atoms with E-state index >= 15 is 0 Å². The summed E-state index contributed by atoms with van der Waals surface area (Å²) >= 11 is 0. The predicted octanol–water partition coefficient (Wildman–Crippen LogP) is 3.65. The molecule has 0 bridgehead atoms. The normalized spacial score (nSPS) is 21.2. The molecule has 1 fully saturated rings. The van der Waals surface area contributed by atoms with Gasteiger partial charge in [0.2, 0.25) is 0 Å². The minimum absolute atomic E-state index is 0.0178. The lowest BCUT2D eigenvalue weighted by molar-refractivity contribution is -0.895. The first-order valence-electron chi connectivity index (χ1n) is 13.1. The predicted molar refractivity (Wildman–Crippen MR) is 141 cm³/mol. The second-order valence-corrected chi connectivity index (χ2v) is 11.0. The van der Waals surface area contributed by atoms with Gasteiger partial charge in [-0.05, 0) is 61.1 Å². The van der Waals surface area contributed by atoms with Crippen molar-refractivity contribution in [3.8, 4) is 5.75 Å². The number of ether oxygens (including phenoxy) is 1. The fourth-order valence-electron chi connectivity index (χ4n) is 5.23. The van der Waals surface area contributed by atoms with E-state index in [-0.39, 0.29) is 22.9 Å². The van der Waals surface area contributed by atoms with Gasteiger partial charge in [0.15, 0.2) is 0 Å². The van der Waals surface area contributed by atoms with Gasteiger partial charge in [-0.25, -0.2) is 0 Å². The van der Waals surface area contributed by atoms with Crippen molar-refractivity contribution < 1.29 is 24.3 Å². The third kappa shape index (κ3) is 4.92. The molecule has 2 aromatic rings. The quantitative estimate of drug-likeness (QED) is 0.352. The van der Waals surface area contributed by atoms with E-state index in [0.717, 1.165) is 42.9 Å². The van der Waals surface area contributed by atoms with Gasteiger partial charge in [0.1, 0.15) is 17.6 Å². The number of hydrogen-bond donors (Lipinski definition) is 2. The van der Waals surface area contributed by atoms with Crippen molar-refractivity contribution in [1.82, 2.24) is 4.90 Å². The first-order chi connectivity index (χ1) is 17.0. The second kappa shape index (κ2) is 10.1. The lowest BCUT2D eigenvalue weighted by atomic mass is 9.85. The van der Waals surface area contributed by atoms with Crippen molar-refractivity contribution in [2.75, 3.05) is 26.2 Å². The van der Waals surface area contributed by atoms with Crippen LogP contribution in [0, 0.1) is 0 Å². The van der Waals surface area contributed by atoms with Gasteiger partial charge < -0.3 is 19.6 Å². The van der Waals surface area contributed by atoms with E-state index in [1.165, 1.54) is 10.5 Å². The Bertz CT molecular complexity index is 1170. The molecular weight excluding hydrogens is 452 g/mol. The maximum Gasteiger partial charge on any atom is 0.295 e. The molecule has 0 unspecified atom stereocenters. The maximum absolute atomic E-state index is 13.4. The molecule has 0 aliphatic carbocycles. The molecular formula is C30H39N2O4+. The zero-order valence-electron chi connectivity index (χ0n) is 22.4.